The Hall–Kier alpha value is -3.98. The van der Waals surface area contributed by atoms with Gasteiger partial charge in [-0.25, -0.2) is 4.39 Å². The lowest BCUT2D eigenvalue weighted by Gasteiger charge is -2.44. The van der Waals surface area contributed by atoms with Crippen LogP contribution in [0.3, 0.4) is 0 Å². The topological polar surface area (TPSA) is 98.1 Å². The van der Waals surface area contributed by atoms with Gasteiger partial charge in [-0.3, -0.25) is 4.79 Å². The third kappa shape index (κ3) is 6.17. The average Bonchev–Trinajstić information content (AvgIpc) is 3.93. The van der Waals surface area contributed by atoms with E-state index in [4.69, 9.17) is 31.0 Å². The minimum atomic E-state index is -0.454. The second-order valence-electron chi connectivity index (χ2n) is 13.8. The first-order valence-electron chi connectivity index (χ1n) is 16.7. The van der Waals surface area contributed by atoms with E-state index >= 15 is 0 Å². The number of piperazine rings is 1. The summed E-state index contributed by atoms with van der Waals surface area (Å²) in [7, 11) is 2.17. The van der Waals surface area contributed by atoms with Crippen molar-refractivity contribution in [3.8, 4) is 12.1 Å². The predicted octanol–water partition coefficient (Wildman–Crippen LogP) is 4.98. The van der Waals surface area contributed by atoms with E-state index in [0.29, 0.717) is 69.9 Å². The molecule has 1 aliphatic carbocycles. The normalized spacial score (nSPS) is 21.9. The molecule has 3 aliphatic heterocycles. The summed E-state index contributed by atoms with van der Waals surface area (Å²) >= 11 is 6.57. The van der Waals surface area contributed by atoms with Crippen LogP contribution in [0.15, 0.2) is 43.0 Å². The molecule has 7 rings (SSSR count). The second kappa shape index (κ2) is 13.1. The predicted molar refractivity (Wildman–Crippen MR) is 183 cm³/mol. The number of hydrogen-bond acceptors (Lipinski definition) is 9. The summed E-state index contributed by atoms with van der Waals surface area (Å²) in [6, 6.07) is 11.9. The summed E-state index contributed by atoms with van der Waals surface area (Å²) in [5.41, 5.74) is 2.55. The Morgan fingerprint density at radius 1 is 1.27 bits per heavy atom. The molecule has 252 valence electrons. The molecule has 1 unspecified atom stereocenters. The Morgan fingerprint density at radius 3 is 2.79 bits per heavy atom. The maximum Gasteiger partial charge on any atom is 0.318 e. The molecule has 0 radical (unpaired) electrons. The van der Waals surface area contributed by atoms with Gasteiger partial charge >= 0.3 is 6.01 Å². The smallest absolute Gasteiger partial charge is 0.318 e. The fourth-order valence-corrected chi connectivity index (χ4v) is 7.74. The third-order valence-corrected chi connectivity index (χ3v) is 10.6. The van der Waals surface area contributed by atoms with Gasteiger partial charge in [-0.1, -0.05) is 36.4 Å². The number of fused-ring (bicyclic) bond motifs is 2. The van der Waals surface area contributed by atoms with Crippen molar-refractivity contribution in [2.45, 2.75) is 57.3 Å². The summed E-state index contributed by atoms with van der Waals surface area (Å²) in [5, 5.41) is 11.3. The fraction of sp³-hybridized carbons (Fsp3) is 0.500. The zero-order chi connectivity index (χ0) is 33.6. The Kier molecular flexibility index (Phi) is 8.92. The summed E-state index contributed by atoms with van der Waals surface area (Å²) < 4.78 is 26.9. The first kappa shape index (κ1) is 32.6. The Labute approximate surface area is 285 Å². The number of halogens is 2. The van der Waals surface area contributed by atoms with Crippen molar-refractivity contribution >= 4 is 39.8 Å². The summed E-state index contributed by atoms with van der Waals surface area (Å²) in [4.78, 5) is 31.2. The van der Waals surface area contributed by atoms with Crippen LogP contribution < -0.4 is 14.5 Å². The molecule has 0 bridgehead atoms. The van der Waals surface area contributed by atoms with Crippen LogP contribution in [0.1, 0.15) is 37.4 Å². The number of amides is 1. The highest BCUT2D eigenvalue weighted by Gasteiger charge is 2.43. The van der Waals surface area contributed by atoms with Gasteiger partial charge in [0.2, 0.25) is 5.91 Å². The molecule has 4 heterocycles. The lowest BCUT2D eigenvalue weighted by molar-refractivity contribution is -0.143. The van der Waals surface area contributed by atoms with Gasteiger partial charge in [0.1, 0.15) is 18.2 Å². The molecule has 0 N–H and O–H groups in total. The highest BCUT2D eigenvalue weighted by molar-refractivity contribution is 6.36. The molecule has 4 aliphatic rings. The van der Waals surface area contributed by atoms with Gasteiger partial charge < -0.3 is 29.1 Å². The van der Waals surface area contributed by atoms with Gasteiger partial charge in [0, 0.05) is 54.9 Å². The van der Waals surface area contributed by atoms with Gasteiger partial charge in [-0.15, -0.1) is 0 Å². The van der Waals surface area contributed by atoms with E-state index in [1.165, 1.54) is 25.0 Å². The maximum atomic E-state index is 14.7. The van der Waals surface area contributed by atoms with Crippen molar-refractivity contribution in [3.63, 3.8) is 0 Å². The fourth-order valence-electron chi connectivity index (χ4n) is 7.47. The van der Waals surface area contributed by atoms with Crippen LogP contribution in [0, 0.1) is 22.6 Å². The van der Waals surface area contributed by atoms with E-state index in [2.05, 4.69) is 41.3 Å². The summed E-state index contributed by atoms with van der Waals surface area (Å²) in [5.74, 6) is 0.137. The summed E-state index contributed by atoms with van der Waals surface area (Å²) in [6.07, 6.45) is 4.60. The number of carbonyl (C=O) groups is 1. The molecule has 2 atom stereocenters. The first-order chi connectivity index (χ1) is 23.2. The lowest BCUT2D eigenvalue weighted by atomic mass is 9.86. The summed E-state index contributed by atoms with van der Waals surface area (Å²) in [6.45, 7) is 10.3. The number of hydrogen-bond donors (Lipinski definition) is 0. The maximum absolute atomic E-state index is 14.7. The van der Waals surface area contributed by atoms with Crippen LogP contribution in [-0.4, -0.2) is 96.8 Å². The van der Waals surface area contributed by atoms with E-state index in [-0.39, 0.29) is 34.8 Å². The zero-order valence-electron chi connectivity index (χ0n) is 27.5. The Morgan fingerprint density at radius 2 is 2.08 bits per heavy atom. The highest BCUT2D eigenvalue weighted by atomic mass is 35.5. The van der Waals surface area contributed by atoms with Crippen LogP contribution in [0.2, 0.25) is 5.02 Å². The molecule has 0 spiro atoms. The quantitative estimate of drug-likeness (QED) is 0.276. The Balaban J connectivity index is 1.24. The highest BCUT2D eigenvalue weighted by Crippen LogP contribution is 2.40. The molecule has 2 saturated heterocycles. The lowest BCUT2D eigenvalue weighted by Crippen LogP contribution is -2.55. The SMILES string of the molecule is C=CC(=O)N1CCN(c2nc(OCC3(CN(C)C4CC4)COC3)nc3c2C[C@@H](C)N(c2cccc4ccc(F)c(Cl)c24)C3)CC1CC#N. The van der Waals surface area contributed by atoms with E-state index in [1.54, 1.807) is 11.0 Å². The van der Waals surface area contributed by atoms with E-state index < -0.39 is 5.82 Å². The van der Waals surface area contributed by atoms with Gasteiger partial charge in [-0.2, -0.15) is 15.2 Å². The van der Waals surface area contributed by atoms with Crippen molar-refractivity contribution in [3.05, 3.63) is 65.1 Å². The van der Waals surface area contributed by atoms with Crippen molar-refractivity contribution in [1.82, 2.24) is 19.8 Å². The minimum Gasteiger partial charge on any atom is -0.463 e. The molecule has 1 saturated carbocycles. The van der Waals surface area contributed by atoms with Gasteiger partial charge in [0.25, 0.3) is 0 Å². The number of carbonyl (C=O) groups excluding carboxylic acids is 1. The zero-order valence-corrected chi connectivity index (χ0v) is 28.3. The molecular formula is C36H41ClFN7O3. The second-order valence-corrected chi connectivity index (χ2v) is 14.2. The number of nitrogens with zero attached hydrogens (tertiary/aromatic N) is 7. The number of rotatable bonds is 10. The van der Waals surface area contributed by atoms with Crippen LogP contribution in [-0.2, 0) is 22.5 Å². The molecule has 2 aromatic carbocycles. The number of nitriles is 1. The third-order valence-electron chi connectivity index (χ3n) is 10.3. The average molecular weight is 674 g/mol. The van der Waals surface area contributed by atoms with E-state index in [9.17, 15) is 14.4 Å². The van der Waals surface area contributed by atoms with Gasteiger partial charge in [0.05, 0.1) is 54.4 Å². The minimum absolute atomic E-state index is 0.0171. The molecule has 1 aromatic heterocycles. The molecule has 3 fully saturated rings. The molecule has 3 aromatic rings. The number of ether oxygens (including phenoxy) is 2. The molecule has 1 amide bonds. The molecule has 12 heteroatoms. The number of aromatic nitrogens is 2. The number of benzene rings is 2. The molecule has 48 heavy (non-hydrogen) atoms. The van der Waals surface area contributed by atoms with Gasteiger partial charge in [-0.05, 0) is 56.8 Å². The van der Waals surface area contributed by atoms with E-state index in [1.807, 2.05) is 18.2 Å². The van der Waals surface area contributed by atoms with Crippen LogP contribution >= 0.6 is 11.6 Å². The van der Waals surface area contributed by atoms with Crippen LogP contribution in [0.4, 0.5) is 15.9 Å². The standard InChI is InChI=1S/C36H41ClFN7O3/c1-4-31(46)44-15-14-43(17-26(44)12-13-39)34-27-16-23(2)45(30-7-5-6-24-8-11-28(38)33(37)32(24)30)18-29(27)40-35(41-34)48-22-36(20-47-21-36)19-42(3)25-9-10-25/h4-8,11,23,25-26H,1,9-10,12,14-22H2,2-3H3/t23-,26?/m1/s1. The monoisotopic (exact) mass is 673 g/mol. The van der Waals surface area contributed by atoms with Crippen molar-refractivity contribution in [2.75, 3.05) is 62.8 Å². The van der Waals surface area contributed by atoms with Gasteiger partial charge in [0.15, 0.2) is 0 Å². The largest absolute Gasteiger partial charge is 0.463 e. The van der Waals surface area contributed by atoms with Crippen molar-refractivity contribution in [2.24, 2.45) is 5.41 Å². The first-order valence-corrected chi connectivity index (χ1v) is 17.1. The van der Waals surface area contributed by atoms with Crippen molar-refractivity contribution in [1.29, 1.82) is 5.26 Å². The molecule has 10 nitrogen and oxygen atoms in total. The van der Waals surface area contributed by atoms with E-state index in [0.717, 1.165) is 34.7 Å². The Bertz CT molecular complexity index is 1770. The number of anilines is 2. The van der Waals surface area contributed by atoms with Crippen LogP contribution in [0.25, 0.3) is 10.8 Å². The molecular weight excluding hydrogens is 633 g/mol. The van der Waals surface area contributed by atoms with Crippen LogP contribution in [0.5, 0.6) is 6.01 Å². The van der Waals surface area contributed by atoms with Crippen molar-refractivity contribution < 1.29 is 18.7 Å².